The maximum absolute atomic E-state index is 14.0. The van der Waals surface area contributed by atoms with Crippen LogP contribution in [0.1, 0.15) is 27.2 Å². The van der Waals surface area contributed by atoms with E-state index in [9.17, 15) is 53.5 Å². The first-order valence-corrected chi connectivity index (χ1v) is 8.12. The lowest BCUT2D eigenvalue weighted by atomic mass is 10.0. The largest absolute Gasteiger partial charge is 0.422 e. The SMILES string of the molecule is Cc1[nH]n(-c2c(F)c(F)c(F)c(F)c2F)c(=O)c1C(=O)c1cc(F)c(C(F)(F)F)c(F)c1. The van der Waals surface area contributed by atoms with Crippen LogP contribution in [-0.2, 0) is 6.18 Å². The molecule has 4 nitrogen and oxygen atoms in total. The first kappa shape index (κ1) is 23.1. The summed E-state index contributed by atoms with van der Waals surface area (Å²) in [4.78, 5) is 25.0. The van der Waals surface area contributed by atoms with Gasteiger partial charge in [0.15, 0.2) is 23.3 Å². The molecule has 1 heterocycles. The van der Waals surface area contributed by atoms with Gasteiger partial charge >= 0.3 is 6.18 Å². The first-order chi connectivity index (χ1) is 14.7. The molecule has 0 saturated carbocycles. The van der Waals surface area contributed by atoms with E-state index in [2.05, 4.69) is 0 Å². The van der Waals surface area contributed by atoms with E-state index in [4.69, 9.17) is 0 Å². The number of halogens is 10. The van der Waals surface area contributed by atoms with Gasteiger partial charge in [-0.05, 0) is 19.1 Å². The zero-order chi connectivity index (χ0) is 24.3. The van der Waals surface area contributed by atoms with Gasteiger partial charge in [-0.25, -0.2) is 35.4 Å². The van der Waals surface area contributed by atoms with Crippen LogP contribution in [0.15, 0.2) is 16.9 Å². The molecule has 1 N–H and O–H groups in total. The van der Waals surface area contributed by atoms with Crippen LogP contribution in [0.5, 0.6) is 0 Å². The second-order valence-electron chi connectivity index (χ2n) is 6.31. The lowest BCUT2D eigenvalue weighted by molar-refractivity contribution is -0.142. The third kappa shape index (κ3) is 3.44. The van der Waals surface area contributed by atoms with E-state index in [1.165, 1.54) is 0 Å². The van der Waals surface area contributed by atoms with E-state index < -0.39 is 86.3 Å². The number of hydrogen-bond donors (Lipinski definition) is 1. The van der Waals surface area contributed by atoms with Crippen molar-refractivity contribution in [1.29, 1.82) is 0 Å². The summed E-state index contributed by atoms with van der Waals surface area (Å²) in [6, 6.07) is -0.0499. The Bertz CT molecular complexity index is 1280. The highest BCUT2D eigenvalue weighted by atomic mass is 19.4. The van der Waals surface area contributed by atoms with Crippen LogP contribution >= 0.6 is 0 Å². The van der Waals surface area contributed by atoms with Gasteiger partial charge in [-0.2, -0.15) is 13.2 Å². The summed E-state index contributed by atoms with van der Waals surface area (Å²) in [5.74, 6) is -18.2. The molecule has 0 saturated heterocycles. The Morgan fingerprint density at radius 3 is 1.72 bits per heavy atom. The molecule has 0 amide bonds. The van der Waals surface area contributed by atoms with Crippen molar-refractivity contribution in [2.24, 2.45) is 0 Å². The molecule has 0 bridgehead atoms. The highest BCUT2D eigenvalue weighted by molar-refractivity contribution is 6.09. The molecule has 0 fully saturated rings. The Labute approximate surface area is 169 Å². The van der Waals surface area contributed by atoms with Gasteiger partial charge in [0.05, 0.1) is 0 Å². The van der Waals surface area contributed by atoms with E-state index in [0.717, 1.165) is 6.92 Å². The average Bonchev–Trinajstić information content (AvgIpc) is 2.96. The van der Waals surface area contributed by atoms with E-state index in [1.807, 2.05) is 5.10 Å². The Morgan fingerprint density at radius 2 is 1.28 bits per heavy atom. The number of nitrogens with one attached hydrogen (secondary N) is 1. The molecule has 3 aromatic rings. The Kier molecular flexibility index (Phi) is 5.43. The van der Waals surface area contributed by atoms with Crippen molar-refractivity contribution in [3.05, 3.63) is 85.6 Å². The topological polar surface area (TPSA) is 54.9 Å². The van der Waals surface area contributed by atoms with Gasteiger partial charge < -0.3 is 0 Å². The molecule has 0 radical (unpaired) electrons. The molecule has 14 heteroatoms. The van der Waals surface area contributed by atoms with Crippen molar-refractivity contribution in [3.8, 4) is 5.69 Å². The summed E-state index contributed by atoms with van der Waals surface area (Å²) in [7, 11) is 0. The minimum atomic E-state index is -5.45. The van der Waals surface area contributed by atoms with Crippen molar-refractivity contribution in [2.45, 2.75) is 13.1 Å². The quantitative estimate of drug-likeness (QED) is 0.260. The van der Waals surface area contributed by atoms with Gasteiger partial charge in [0.2, 0.25) is 11.6 Å². The molecule has 0 aliphatic heterocycles. The van der Waals surface area contributed by atoms with E-state index >= 15 is 0 Å². The molecule has 0 aliphatic rings. The summed E-state index contributed by atoms with van der Waals surface area (Å²) in [6.45, 7) is 0.925. The molecular weight excluding hydrogens is 466 g/mol. The highest BCUT2D eigenvalue weighted by Gasteiger charge is 2.39. The predicted molar refractivity (Wildman–Crippen MR) is 85.7 cm³/mol. The van der Waals surface area contributed by atoms with E-state index in [-0.39, 0.29) is 16.8 Å². The normalized spacial score (nSPS) is 11.8. The van der Waals surface area contributed by atoms with Crippen molar-refractivity contribution in [3.63, 3.8) is 0 Å². The third-order valence-electron chi connectivity index (χ3n) is 4.30. The van der Waals surface area contributed by atoms with Crippen LogP contribution in [0.3, 0.4) is 0 Å². The van der Waals surface area contributed by atoms with E-state index in [1.54, 1.807) is 0 Å². The molecule has 2 aromatic carbocycles. The van der Waals surface area contributed by atoms with Gasteiger partial charge in [-0.15, -0.1) is 0 Å². The molecule has 0 atom stereocenters. The number of alkyl halides is 3. The standard InChI is InChI=1S/C18H6F10N2O2/c1-4-8(16(31)5-2-6(19)9(7(20)3-5)18(26,27)28)17(32)30(29-4)15-13(24)11(22)10(21)12(23)14(15)25/h2-3,29H,1H3. The van der Waals surface area contributed by atoms with Crippen LogP contribution in [-0.4, -0.2) is 15.6 Å². The zero-order valence-corrected chi connectivity index (χ0v) is 15.2. The minimum absolute atomic E-state index is 0.0249. The number of nitrogens with zero attached hydrogens (tertiary/aromatic N) is 1. The lowest BCUT2D eigenvalue weighted by Crippen LogP contribution is -2.24. The van der Waals surface area contributed by atoms with Crippen LogP contribution in [0.4, 0.5) is 43.9 Å². The molecule has 3 rings (SSSR count). The van der Waals surface area contributed by atoms with Gasteiger partial charge in [0, 0.05) is 11.3 Å². The van der Waals surface area contributed by atoms with Crippen LogP contribution in [0, 0.1) is 47.6 Å². The molecule has 0 aliphatic carbocycles. The minimum Gasteiger partial charge on any atom is -0.294 e. The van der Waals surface area contributed by atoms with Gasteiger partial charge in [-0.1, -0.05) is 0 Å². The number of benzene rings is 2. The number of ketones is 1. The van der Waals surface area contributed by atoms with Gasteiger partial charge in [-0.3, -0.25) is 14.7 Å². The maximum Gasteiger partial charge on any atom is 0.422 e. The third-order valence-corrected chi connectivity index (χ3v) is 4.30. The lowest BCUT2D eigenvalue weighted by Gasteiger charge is -2.10. The predicted octanol–water partition coefficient (Wildman–Crippen LogP) is 4.70. The molecule has 0 unspecified atom stereocenters. The van der Waals surface area contributed by atoms with Gasteiger partial charge in [0.1, 0.15) is 28.4 Å². The zero-order valence-electron chi connectivity index (χ0n) is 15.2. The molecule has 0 spiro atoms. The number of aromatic nitrogens is 2. The number of aryl methyl sites for hydroxylation is 1. The summed E-state index contributed by atoms with van der Waals surface area (Å²) in [5.41, 5.74) is -8.50. The summed E-state index contributed by atoms with van der Waals surface area (Å²) < 4.78 is 133. The number of H-pyrrole nitrogens is 1. The fraction of sp³-hybridized carbons (Fsp3) is 0.111. The smallest absolute Gasteiger partial charge is 0.294 e. The number of carbonyl (C=O) groups excluding carboxylic acids is 1. The number of aromatic amines is 1. The van der Waals surface area contributed by atoms with Crippen LogP contribution < -0.4 is 5.56 Å². The average molecular weight is 472 g/mol. The number of carbonyl (C=O) groups is 1. The maximum atomic E-state index is 14.0. The number of hydrogen-bond acceptors (Lipinski definition) is 2. The van der Waals surface area contributed by atoms with Crippen molar-refractivity contribution in [2.75, 3.05) is 0 Å². The highest BCUT2D eigenvalue weighted by Crippen LogP contribution is 2.34. The summed E-state index contributed by atoms with van der Waals surface area (Å²) >= 11 is 0. The fourth-order valence-corrected chi connectivity index (χ4v) is 2.88. The molecule has 1 aromatic heterocycles. The Balaban J connectivity index is 2.21. The molecular formula is C18H6F10N2O2. The first-order valence-electron chi connectivity index (χ1n) is 8.12. The number of rotatable bonds is 3. The van der Waals surface area contributed by atoms with Crippen LogP contribution in [0.2, 0.25) is 0 Å². The Hall–Kier alpha value is -3.58. The van der Waals surface area contributed by atoms with Gasteiger partial charge in [0.25, 0.3) is 5.56 Å². The van der Waals surface area contributed by atoms with Crippen molar-refractivity contribution >= 4 is 5.78 Å². The summed E-state index contributed by atoms with van der Waals surface area (Å²) in [5, 5.41) is 1.88. The van der Waals surface area contributed by atoms with Crippen LogP contribution in [0.25, 0.3) is 5.69 Å². The second kappa shape index (κ2) is 7.53. The molecule has 170 valence electrons. The fourth-order valence-electron chi connectivity index (χ4n) is 2.88. The van der Waals surface area contributed by atoms with Crippen molar-refractivity contribution in [1.82, 2.24) is 9.78 Å². The second-order valence-corrected chi connectivity index (χ2v) is 6.31. The van der Waals surface area contributed by atoms with E-state index in [0.29, 0.717) is 0 Å². The van der Waals surface area contributed by atoms with Crippen molar-refractivity contribution < 1.29 is 48.7 Å². The summed E-state index contributed by atoms with van der Waals surface area (Å²) in [6.07, 6.45) is -5.45. The monoisotopic (exact) mass is 472 g/mol. The Morgan fingerprint density at radius 1 is 0.844 bits per heavy atom. The molecule has 32 heavy (non-hydrogen) atoms.